The van der Waals surface area contributed by atoms with Gasteiger partial charge in [-0.3, -0.25) is 4.90 Å². The number of fused-ring (bicyclic) bond motifs is 1. The standard InChI is InChI=1S/C14H20ClNOS/c1-17-9-8-16(7-6-15)10-12-11-18-14-5-3-2-4-13(12)14/h2-5,12H,6-11H2,1H3. The summed E-state index contributed by atoms with van der Waals surface area (Å²) in [6.07, 6.45) is 0. The zero-order chi connectivity index (χ0) is 12.8. The molecule has 2 nitrogen and oxygen atoms in total. The second kappa shape index (κ2) is 7.39. The summed E-state index contributed by atoms with van der Waals surface area (Å²) in [5.41, 5.74) is 1.50. The summed E-state index contributed by atoms with van der Waals surface area (Å²) >= 11 is 7.84. The molecule has 1 atom stereocenters. The summed E-state index contributed by atoms with van der Waals surface area (Å²) in [6.45, 7) is 3.76. The highest BCUT2D eigenvalue weighted by Crippen LogP contribution is 2.39. The van der Waals surface area contributed by atoms with Crippen LogP contribution in [0.4, 0.5) is 0 Å². The van der Waals surface area contributed by atoms with E-state index in [4.69, 9.17) is 16.3 Å². The summed E-state index contributed by atoms with van der Waals surface area (Å²) in [5, 5.41) is 0. The van der Waals surface area contributed by atoms with Crippen molar-refractivity contribution in [2.75, 3.05) is 45.0 Å². The molecular formula is C14H20ClNOS. The van der Waals surface area contributed by atoms with Crippen molar-refractivity contribution in [1.82, 2.24) is 4.90 Å². The number of benzene rings is 1. The molecule has 1 aromatic rings. The summed E-state index contributed by atoms with van der Waals surface area (Å²) in [6, 6.07) is 8.74. The van der Waals surface area contributed by atoms with Gasteiger partial charge in [-0.05, 0) is 11.6 Å². The summed E-state index contributed by atoms with van der Waals surface area (Å²) in [4.78, 5) is 3.85. The van der Waals surface area contributed by atoms with Gasteiger partial charge in [0.1, 0.15) is 0 Å². The second-order valence-electron chi connectivity index (χ2n) is 4.53. The Morgan fingerprint density at radius 2 is 2.22 bits per heavy atom. The molecular weight excluding hydrogens is 266 g/mol. The first-order valence-corrected chi connectivity index (χ1v) is 7.86. The molecule has 1 heterocycles. The van der Waals surface area contributed by atoms with Crippen molar-refractivity contribution in [3.05, 3.63) is 29.8 Å². The van der Waals surface area contributed by atoms with Gasteiger partial charge in [0.25, 0.3) is 0 Å². The SMILES string of the molecule is COCCN(CCCl)CC1CSc2ccccc21. The maximum Gasteiger partial charge on any atom is 0.0589 e. The van der Waals surface area contributed by atoms with Gasteiger partial charge in [-0.15, -0.1) is 23.4 Å². The van der Waals surface area contributed by atoms with Crippen LogP contribution in [0, 0.1) is 0 Å². The maximum absolute atomic E-state index is 5.87. The molecule has 18 heavy (non-hydrogen) atoms. The van der Waals surface area contributed by atoms with Crippen molar-refractivity contribution in [3.63, 3.8) is 0 Å². The molecule has 1 aliphatic rings. The third-order valence-electron chi connectivity index (χ3n) is 3.29. The van der Waals surface area contributed by atoms with Crippen LogP contribution < -0.4 is 0 Å². The molecule has 1 aliphatic heterocycles. The monoisotopic (exact) mass is 285 g/mol. The van der Waals surface area contributed by atoms with E-state index in [1.54, 1.807) is 7.11 Å². The van der Waals surface area contributed by atoms with E-state index in [0.29, 0.717) is 11.8 Å². The van der Waals surface area contributed by atoms with Gasteiger partial charge in [-0.25, -0.2) is 0 Å². The van der Waals surface area contributed by atoms with Crippen LogP contribution >= 0.6 is 23.4 Å². The summed E-state index contributed by atoms with van der Waals surface area (Å²) in [5.74, 6) is 2.50. The van der Waals surface area contributed by atoms with Crippen LogP contribution in [0.1, 0.15) is 11.5 Å². The maximum atomic E-state index is 5.87. The lowest BCUT2D eigenvalue weighted by Gasteiger charge is -2.24. The average Bonchev–Trinajstić information content (AvgIpc) is 2.80. The second-order valence-corrected chi connectivity index (χ2v) is 5.97. The van der Waals surface area contributed by atoms with E-state index in [1.807, 2.05) is 11.8 Å². The highest BCUT2D eigenvalue weighted by Gasteiger charge is 2.24. The van der Waals surface area contributed by atoms with Crippen LogP contribution in [-0.2, 0) is 4.74 Å². The fraction of sp³-hybridized carbons (Fsp3) is 0.571. The zero-order valence-corrected chi connectivity index (χ0v) is 12.3. The van der Waals surface area contributed by atoms with Crippen molar-refractivity contribution in [2.45, 2.75) is 10.8 Å². The zero-order valence-electron chi connectivity index (χ0n) is 10.8. The molecule has 1 aromatic carbocycles. The fourth-order valence-electron chi connectivity index (χ4n) is 2.33. The van der Waals surface area contributed by atoms with Gasteiger partial charge < -0.3 is 4.74 Å². The Balaban J connectivity index is 1.95. The van der Waals surface area contributed by atoms with Gasteiger partial charge in [-0.1, -0.05) is 18.2 Å². The molecule has 0 saturated carbocycles. The molecule has 1 unspecified atom stereocenters. The molecule has 0 N–H and O–H groups in total. The van der Waals surface area contributed by atoms with Crippen LogP contribution in [0.15, 0.2) is 29.2 Å². The predicted molar refractivity (Wildman–Crippen MR) is 78.9 cm³/mol. The number of methoxy groups -OCH3 is 1. The minimum Gasteiger partial charge on any atom is -0.383 e. The molecule has 4 heteroatoms. The molecule has 0 aromatic heterocycles. The van der Waals surface area contributed by atoms with Crippen LogP contribution in [0.5, 0.6) is 0 Å². The molecule has 0 radical (unpaired) electrons. The lowest BCUT2D eigenvalue weighted by molar-refractivity contribution is 0.148. The lowest BCUT2D eigenvalue weighted by Crippen LogP contribution is -2.33. The first-order valence-electron chi connectivity index (χ1n) is 6.34. The predicted octanol–water partition coefficient (Wildman–Crippen LogP) is 3.06. The van der Waals surface area contributed by atoms with E-state index in [0.717, 1.165) is 26.2 Å². The number of ether oxygens (including phenoxy) is 1. The normalized spacial score (nSPS) is 18.3. The first-order chi connectivity index (χ1) is 8.85. The number of thioether (sulfide) groups is 1. The van der Waals surface area contributed by atoms with E-state index < -0.39 is 0 Å². The van der Waals surface area contributed by atoms with Crippen LogP contribution in [-0.4, -0.2) is 49.9 Å². The van der Waals surface area contributed by atoms with Gasteiger partial charge >= 0.3 is 0 Å². The van der Waals surface area contributed by atoms with E-state index in [1.165, 1.54) is 16.2 Å². The lowest BCUT2D eigenvalue weighted by atomic mass is 10.0. The average molecular weight is 286 g/mol. The van der Waals surface area contributed by atoms with E-state index >= 15 is 0 Å². The molecule has 2 rings (SSSR count). The molecule has 0 spiro atoms. The number of nitrogens with zero attached hydrogens (tertiary/aromatic N) is 1. The topological polar surface area (TPSA) is 12.5 Å². The summed E-state index contributed by atoms with van der Waals surface area (Å²) in [7, 11) is 1.75. The Kier molecular flexibility index (Phi) is 5.83. The summed E-state index contributed by atoms with van der Waals surface area (Å²) < 4.78 is 5.16. The van der Waals surface area contributed by atoms with Crippen molar-refractivity contribution in [3.8, 4) is 0 Å². The molecule has 0 fully saturated rings. The minimum absolute atomic E-state index is 0.631. The minimum atomic E-state index is 0.631. The largest absolute Gasteiger partial charge is 0.383 e. The molecule has 0 bridgehead atoms. The Labute approximate surface area is 119 Å². The highest BCUT2D eigenvalue weighted by molar-refractivity contribution is 7.99. The van der Waals surface area contributed by atoms with Gasteiger partial charge in [0.15, 0.2) is 0 Å². The highest BCUT2D eigenvalue weighted by atomic mass is 35.5. The van der Waals surface area contributed by atoms with Crippen LogP contribution in [0.3, 0.4) is 0 Å². The Hall–Kier alpha value is -0.220. The van der Waals surface area contributed by atoms with Gasteiger partial charge in [0.2, 0.25) is 0 Å². The number of hydrogen-bond acceptors (Lipinski definition) is 3. The van der Waals surface area contributed by atoms with Gasteiger partial charge in [0.05, 0.1) is 6.61 Å². The fourth-order valence-corrected chi connectivity index (χ4v) is 3.81. The van der Waals surface area contributed by atoms with E-state index in [2.05, 4.69) is 29.2 Å². The molecule has 100 valence electrons. The van der Waals surface area contributed by atoms with E-state index in [9.17, 15) is 0 Å². The molecule has 0 amide bonds. The third-order valence-corrected chi connectivity index (χ3v) is 4.71. The van der Waals surface area contributed by atoms with Crippen molar-refractivity contribution in [1.29, 1.82) is 0 Å². The number of hydrogen-bond donors (Lipinski definition) is 0. The van der Waals surface area contributed by atoms with Crippen molar-refractivity contribution >= 4 is 23.4 Å². The molecule has 0 saturated heterocycles. The third kappa shape index (κ3) is 3.64. The Morgan fingerprint density at radius 3 is 3.00 bits per heavy atom. The van der Waals surface area contributed by atoms with Crippen molar-refractivity contribution in [2.24, 2.45) is 0 Å². The van der Waals surface area contributed by atoms with Crippen LogP contribution in [0.2, 0.25) is 0 Å². The van der Waals surface area contributed by atoms with Crippen molar-refractivity contribution < 1.29 is 4.74 Å². The Morgan fingerprint density at radius 1 is 1.39 bits per heavy atom. The smallest absolute Gasteiger partial charge is 0.0589 e. The quantitative estimate of drug-likeness (QED) is 0.715. The Bertz CT molecular complexity index is 375. The van der Waals surface area contributed by atoms with Gasteiger partial charge in [-0.2, -0.15) is 0 Å². The van der Waals surface area contributed by atoms with E-state index in [-0.39, 0.29) is 0 Å². The molecule has 0 aliphatic carbocycles. The van der Waals surface area contributed by atoms with Crippen LogP contribution in [0.25, 0.3) is 0 Å². The number of alkyl halides is 1. The first kappa shape index (κ1) is 14.2. The number of rotatable bonds is 7. The number of halogens is 1. The van der Waals surface area contributed by atoms with Gasteiger partial charge in [0, 0.05) is 49.2 Å².